The van der Waals surface area contributed by atoms with Crippen LogP contribution in [0.3, 0.4) is 0 Å². The third-order valence-electron chi connectivity index (χ3n) is 8.20. The molecule has 288 valence electrons. The van der Waals surface area contributed by atoms with Crippen molar-refractivity contribution < 1.29 is 33.4 Å². The molecule has 0 aliphatic carbocycles. The molecule has 13 nitrogen and oxygen atoms in total. The molecule has 1 heterocycles. The van der Waals surface area contributed by atoms with E-state index in [4.69, 9.17) is 14.2 Å². The van der Waals surface area contributed by atoms with E-state index in [0.717, 1.165) is 34.8 Å². The Morgan fingerprint density at radius 3 is 2.17 bits per heavy atom. The Morgan fingerprint density at radius 1 is 0.868 bits per heavy atom. The number of ether oxygens (including phenoxy) is 3. The van der Waals surface area contributed by atoms with Crippen LogP contribution in [-0.2, 0) is 30.4 Å². The Balaban J connectivity index is 1.74. The van der Waals surface area contributed by atoms with Crippen LogP contribution >= 0.6 is 0 Å². The van der Waals surface area contributed by atoms with Gasteiger partial charge in [0.05, 0.1) is 24.3 Å². The fourth-order valence-corrected chi connectivity index (χ4v) is 5.72. The molecule has 0 radical (unpaired) electrons. The van der Waals surface area contributed by atoms with E-state index in [1.807, 2.05) is 56.3 Å². The standard InChI is InChI=1S/C40H56N6O7/c1-10-30(21-36(47)52-29(7)53-40(50)45(9)38-32(12-11-19-42-38)25-51-37(48)22-41-8)31-15-18-35(46(23-26(2)3)24-27(4)5)34(20-31)44-39(49)43-33-16-13-28(6)14-17-33/h11-20,26-27,29-30,41H,10,21-25H2,1-9H3,(H2,43,44,49)/t29-,30?/m0/s1. The average Bonchev–Trinajstić information content (AvgIpc) is 3.09. The van der Waals surface area contributed by atoms with Crippen molar-refractivity contribution in [1.29, 1.82) is 0 Å². The van der Waals surface area contributed by atoms with Gasteiger partial charge in [-0.2, -0.15) is 0 Å². The van der Waals surface area contributed by atoms with Crippen LogP contribution in [0.1, 0.15) is 77.0 Å². The van der Waals surface area contributed by atoms with Gasteiger partial charge in [-0.25, -0.2) is 14.6 Å². The number of aryl methyl sites for hydroxylation is 1. The molecule has 0 fully saturated rings. The van der Waals surface area contributed by atoms with E-state index in [1.165, 1.54) is 20.2 Å². The predicted molar refractivity (Wildman–Crippen MR) is 208 cm³/mol. The van der Waals surface area contributed by atoms with Crippen molar-refractivity contribution in [3.63, 3.8) is 0 Å². The van der Waals surface area contributed by atoms with E-state index in [9.17, 15) is 19.2 Å². The molecule has 1 aromatic heterocycles. The van der Waals surface area contributed by atoms with Gasteiger partial charge >= 0.3 is 24.1 Å². The highest BCUT2D eigenvalue weighted by molar-refractivity contribution is 6.02. The van der Waals surface area contributed by atoms with Crippen LogP contribution < -0.4 is 25.8 Å². The van der Waals surface area contributed by atoms with E-state index < -0.39 is 24.3 Å². The molecule has 0 saturated carbocycles. The molecule has 0 spiro atoms. The number of carbonyl (C=O) groups excluding carboxylic acids is 4. The number of amides is 3. The summed E-state index contributed by atoms with van der Waals surface area (Å²) in [6, 6.07) is 16.5. The van der Waals surface area contributed by atoms with Gasteiger partial charge in [0.1, 0.15) is 12.4 Å². The topological polar surface area (TPSA) is 151 Å². The maximum absolute atomic E-state index is 13.3. The Labute approximate surface area is 313 Å². The number of nitrogens with one attached hydrogen (secondary N) is 3. The molecule has 3 amide bonds. The summed E-state index contributed by atoms with van der Waals surface area (Å²) >= 11 is 0. The summed E-state index contributed by atoms with van der Waals surface area (Å²) in [6.07, 6.45) is 0.140. The van der Waals surface area contributed by atoms with E-state index in [0.29, 0.717) is 35.2 Å². The van der Waals surface area contributed by atoms with Gasteiger partial charge in [-0.3, -0.25) is 14.5 Å². The van der Waals surface area contributed by atoms with Crippen LogP contribution in [0.15, 0.2) is 60.8 Å². The number of anilines is 4. The minimum atomic E-state index is -1.19. The molecule has 0 bridgehead atoms. The molecular weight excluding hydrogens is 676 g/mol. The summed E-state index contributed by atoms with van der Waals surface area (Å²) in [4.78, 5) is 59.0. The zero-order valence-corrected chi connectivity index (χ0v) is 32.5. The molecule has 3 N–H and O–H groups in total. The normalized spacial score (nSPS) is 12.1. The zero-order chi connectivity index (χ0) is 39.1. The van der Waals surface area contributed by atoms with Crippen LogP contribution in [0.4, 0.5) is 32.5 Å². The first-order chi connectivity index (χ1) is 25.2. The number of hydrogen-bond acceptors (Lipinski definition) is 10. The number of pyridine rings is 1. The first-order valence-corrected chi connectivity index (χ1v) is 18.1. The third kappa shape index (κ3) is 13.7. The van der Waals surface area contributed by atoms with Gasteiger partial charge in [0.15, 0.2) is 0 Å². The Hall–Kier alpha value is -5.17. The fraction of sp³-hybridized carbons (Fsp3) is 0.475. The summed E-state index contributed by atoms with van der Waals surface area (Å²) in [7, 11) is 3.10. The lowest BCUT2D eigenvalue weighted by Gasteiger charge is -2.31. The molecule has 53 heavy (non-hydrogen) atoms. The molecule has 1 unspecified atom stereocenters. The van der Waals surface area contributed by atoms with Crippen molar-refractivity contribution in [3.05, 3.63) is 77.5 Å². The van der Waals surface area contributed by atoms with Gasteiger partial charge in [-0.1, -0.05) is 64.4 Å². The predicted octanol–water partition coefficient (Wildman–Crippen LogP) is 7.46. The summed E-state index contributed by atoms with van der Waals surface area (Å²) in [5.41, 5.74) is 4.65. The van der Waals surface area contributed by atoms with E-state index >= 15 is 0 Å². The maximum Gasteiger partial charge on any atom is 0.418 e. The summed E-state index contributed by atoms with van der Waals surface area (Å²) in [6.45, 7) is 15.6. The van der Waals surface area contributed by atoms with E-state index in [1.54, 1.807) is 19.2 Å². The molecule has 0 aliphatic heterocycles. The molecule has 13 heteroatoms. The Morgan fingerprint density at radius 2 is 1.55 bits per heavy atom. The molecule has 2 aromatic carbocycles. The highest BCUT2D eigenvalue weighted by atomic mass is 16.7. The molecular formula is C40H56N6O7. The fourth-order valence-electron chi connectivity index (χ4n) is 5.72. The van der Waals surface area contributed by atoms with Crippen LogP contribution in [0, 0.1) is 18.8 Å². The highest BCUT2D eigenvalue weighted by Crippen LogP contribution is 2.34. The SMILES string of the molecule is CCC(CC(=O)O[C@H](C)OC(=O)N(C)c1ncccc1COC(=O)CNC)c1ccc(N(CC(C)C)CC(C)C)c(NC(=O)Nc2ccc(C)cc2)c1. The monoisotopic (exact) mass is 732 g/mol. The second-order valence-corrected chi connectivity index (χ2v) is 13.9. The lowest BCUT2D eigenvalue weighted by molar-refractivity contribution is -0.165. The zero-order valence-electron chi connectivity index (χ0n) is 32.5. The lowest BCUT2D eigenvalue weighted by Crippen LogP contribution is -2.33. The number of nitrogens with zero attached hydrogens (tertiary/aromatic N) is 3. The van der Waals surface area contributed by atoms with Crippen LogP contribution in [-0.4, -0.2) is 69.1 Å². The summed E-state index contributed by atoms with van der Waals surface area (Å²) in [5, 5.41) is 8.71. The van der Waals surface area contributed by atoms with Gasteiger partial charge < -0.3 is 35.1 Å². The minimum absolute atomic E-state index is 0.0205. The minimum Gasteiger partial charge on any atom is -0.460 e. The summed E-state index contributed by atoms with van der Waals surface area (Å²) in [5.74, 6) is -0.240. The summed E-state index contributed by atoms with van der Waals surface area (Å²) < 4.78 is 16.2. The molecule has 2 atom stereocenters. The van der Waals surface area contributed by atoms with Crippen molar-refractivity contribution in [1.82, 2.24) is 10.3 Å². The first kappa shape index (κ1) is 42.2. The van der Waals surface area contributed by atoms with Crippen molar-refractivity contribution in [3.8, 4) is 0 Å². The lowest BCUT2D eigenvalue weighted by atomic mass is 9.92. The smallest absolute Gasteiger partial charge is 0.418 e. The second-order valence-electron chi connectivity index (χ2n) is 13.9. The Bertz CT molecular complexity index is 1650. The van der Waals surface area contributed by atoms with Crippen LogP contribution in [0.2, 0.25) is 0 Å². The van der Waals surface area contributed by atoms with Gasteiger partial charge in [0.25, 0.3) is 0 Å². The van der Waals surface area contributed by atoms with E-state index in [2.05, 4.69) is 53.5 Å². The Kier molecular flexibility index (Phi) is 16.5. The van der Waals surface area contributed by atoms with Gasteiger partial charge in [0.2, 0.25) is 6.29 Å². The van der Waals surface area contributed by atoms with E-state index in [-0.39, 0.29) is 37.3 Å². The molecule has 0 saturated heterocycles. The number of aromatic nitrogens is 1. The number of esters is 2. The third-order valence-corrected chi connectivity index (χ3v) is 8.20. The number of rotatable bonds is 18. The van der Waals surface area contributed by atoms with Gasteiger partial charge in [0, 0.05) is 44.5 Å². The number of carbonyl (C=O) groups is 4. The number of urea groups is 1. The van der Waals surface area contributed by atoms with Crippen molar-refractivity contribution >= 4 is 46.9 Å². The molecule has 0 aliphatic rings. The first-order valence-electron chi connectivity index (χ1n) is 18.1. The number of hydrogen-bond donors (Lipinski definition) is 3. The highest BCUT2D eigenvalue weighted by Gasteiger charge is 2.25. The average molecular weight is 733 g/mol. The van der Waals surface area contributed by atoms with Crippen LogP contribution in [0.25, 0.3) is 0 Å². The quantitative estimate of drug-likeness (QED) is 0.0888. The van der Waals surface area contributed by atoms with Gasteiger partial charge in [-0.05, 0) is 74.0 Å². The molecule has 3 aromatic rings. The number of likely N-dealkylation sites (N-methyl/N-ethyl adjacent to an activating group) is 1. The number of benzene rings is 2. The van der Waals surface area contributed by atoms with Gasteiger partial charge in [-0.15, -0.1) is 0 Å². The maximum atomic E-state index is 13.3. The largest absolute Gasteiger partial charge is 0.460 e. The van der Waals surface area contributed by atoms with Crippen molar-refractivity contribution in [2.45, 2.75) is 80.1 Å². The van der Waals surface area contributed by atoms with Crippen molar-refractivity contribution in [2.75, 3.05) is 54.2 Å². The second kappa shape index (κ2) is 20.8. The van der Waals surface area contributed by atoms with Crippen LogP contribution in [0.5, 0.6) is 0 Å². The van der Waals surface area contributed by atoms with Crippen molar-refractivity contribution in [2.24, 2.45) is 11.8 Å². The molecule has 3 rings (SSSR count).